The number of esters is 1. The van der Waals surface area contributed by atoms with Crippen LogP contribution < -0.4 is 9.47 Å². The average molecular weight is 303 g/mol. The summed E-state index contributed by atoms with van der Waals surface area (Å²) in [7, 11) is 0. The Hall–Kier alpha value is -1.50. The van der Waals surface area contributed by atoms with Crippen molar-refractivity contribution in [1.82, 2.24) is 0 Å². The molecule has 1 aromatic rings. The highest BCUT2D eigenvalue weighted by Gasteiger charge is 2.26. The number of hydrogen-bond acceptors (Lipinski definition) is 6. The molecule has 2 N–H and O–H groups in total. The Kier molecular flexibility index (Phi) is 4.69. The Bertz CT molecular complexity index is 504. The fourth-order valence-electron chi connectivity index (χ4n) is 1.87. The minimum absolute atomic E-state index is 0.0800. The van der Waals surface area contributed by atoms with Crippen LogP contribution in [0.25, 0.3) is 0 Å². The summed E-state index contributed by atoms with van der Waals surface area (Å²) in [6.45, 7) is 1.96. The lowest BCUT2D eigenvalue weighted by atomic mass is 10.0. The zero-order valence-electron chi connectivity index (χ0n) is 10.8. The molecule has 20 heavy (non-hydrogen) atoms. The van der Waals surface area contributed by atoms with E-state index in [1.807, 2.05) is 0 Å². The number of hydrogen-bond donors (Lipinski definition) is 2. The number of ether oxygens (including phenoxy) is 3. The molecule has 1 aliphatic heterocycles. The van der Waals surface area contributed by atoms with E-state index in [-0.39, 0.29) is 30.4 Å². The number of benzene rings is 1. The lowest BCUT2D eigenvalue weighted by Crippen LogP contribution is -2.23. The SMILES string of the molecule is CCOC(=O)CC(O)C(O)c1cc2c(cc1Cl)OCO2. The van der Waals surface area contributed by atoms with Gasteiger partial charge in [-0.1, -0.05) is 11.6 Å². The van der Waals surface area contributed by atoms with Crippen LogP contribution in [0.2, 0.25) is 5.02 Å². The Labute approximate surface area is 120 Å². The molecule has 2 atom stereocenters. The molecule has 0 saturated carbocycles. The van der Waals surface area contributed by atoms with Crippen molar-refractivity contribution in [3.8, 4) is 11.5 Å². The van der Waals surface area contributed by atoms with Gasteiger partial charge in [-0.15, -0.1) is 0 Å². The fourth-order valence-corrected chi connectivity index (χ4v) is 2.13. The monoisotopic (exact) mass is 302 g/mol. The molecule has 7 heteroatoms. The third-order valence-corrected chi connectivity index (χ3v) is 3.18. The van der Waals surface area contributed by atoms with Crippen LogP contribution in [0.5, 0.6) is 11.5 Å². The summed E-state index contributed by atoms with van der Waals surface area (Å²) >= 11 is 6.02. The van der Waals surface area contributed by atoms with E-state index in [1.54, 1.807) is 6.92 Å². The first-order chi connectivity index (χ1) is 9.52. The van der Waals surface area contributed by atoms with Crippen molar-refractivity contribution in [2.24, 2.45) is 0 Å². The first-order valence-corrected chi connectivity index (χ1v) is 6.51. The van der Waals surface area contributed by atoms with Crippen LogP contribution in [-0.2, 0) is 9.53 Å². The van der Waals surface area contributed by atoms with E-state index in [1.165, 1.54) is 12.1 Å². The zero-order chi connectivity index (χ0) is 14.7. The molecule has 0 spiro atoms. The standard InChI is InChI=1S/C13H15ClO6/c1-2-18-12(16)5-9(15)13(17)7-3-10-11(4-8(7)14)20-6-19-10/h3-4,9,13,15,17H,2,5-6H2,1H3. The number of carbonyl (C=O) groups is 1. The highest BCUT2D eigenvalue weighted by atomic mass is 35.5. The van der Waals surface area contributed by atoms with E-state index < -0.39 is 18.2 Å². The van der Waals surface area contributed by atoms with Crippen LogP contribution in [0.4, 0.5) is 0 Å². The molecule has 2 unspecified atom stereocenters. The predicted octanol–water partition coefficient (Wildman–Crippen LogP) is 1.42. The largest absolute Gasteiger partial charge is 0.466 e. The van der Waals surface area contributed by atoms with Crippen molar-refractivity contribution < 1.29 is 29.2 Å². The smallest absolute Gasteiger partial charge is 0.308 e. The molecule has 2 rings (SSSR count). The summed E-state index contributed by atoms with van der Waals surface area (Å²) in [5.74, 6) is 0.327. The Morgan fingerprint density at radius 3 is 2.70 bits per heavy atom. The fraction of sp³-hybridized carbons (Fsp3) is 0.462. The van der Waals surface area contributed by atoms with Gasteiger partial charge in [-0.2, -0.15) is 0 Å². The van der Waals surface area contributed by atoms with Crippen molar-refractivity contribution in [2.75, 3.05) is 13.4 Å². The van der Waals surface area contributed by atoms with E-state index in [9.17, 15) is 15.0 Å². The second-order valence-electron chi connectivity index (χ2n) is 4.25. The summed E-state index contributed by atoms with van der Waals surface area (Å²) in [6, 6.07) is 2.99. The molecule has 0 aromatic heterocycles. The summed E-state index contributed by atoms with van der Waals surface area (Å²) in [6.07, 6.45) is -2.95. The number of fused-ring (bicyclic) bond motifs is 1. The molecular formula is C13H15ClO6. The van der Waals surface area contributed by atoms with E-state index in [0.29, 0.717) is 11.5 Å². The van der Waals surface area contributed by atoms with Gasteiger partial charge in [-0.05, 0) is 13.0 Å². The van der Waals surface area contributed by atoms with Crippen molar-refractivity contribution in [3.05, 3.63) is 22.7 Å². The van der Waals surface area contributed by atoms with Crippen LogP contribution in [0.3, 0.4) is 0 Å². The average Bonchev–Trinajstić information content (AvgIpc) is 2.84. The van der Waals surface area contributed by atoms with Gasteiger partial charge in [-0.25, -0.2) is 0 Å². The van der Waals surface area contributed by atoms with Crippen LogP contribution >= 0.6 is 11.6 Å². The number of rotatable bonds is 5. The van der Waals surface area contributed by atoms with Crippen molar-refractivity contribution in [2.45, 2.75) is 25.6 Å². The maximum Gasteiger partial charge on any atom is 0.308 e. The first-order valence-electron chi connectivity index (χ1n) is 6.13. The molecule has 0 saturated heterocycles. The number of aliphatic hydroxyl groups excluding tert-OH is 2. The van der Waals surface area contributed by atoms with E-state index in [0.717, 1.165) is 0 Å². The number of aliphatic hydroxyl groups is 2. The number of halogens is 1. The zero-order valence-corrected chi connectivity index (χ0v) is 11.6. The Balaban J connectivity index is 2.12. The van der Waals surface area contributed by atoms with Gasteiger partial charge >= 0.3 is 5.97 Å². The van der Waals surface area contributed by atoms with Gasteiger partial charge in [0.25, 0.3) is 0 Å². The predicted molar refractivity (Wildman–Crippen MR) is 69.8 cm³/mol. The van der Waals surface area contributed by atoms with Gasteiger partial charge in [0, 0.05) is 11.6 Å². The number of carbonyl (C=O) groups excluding carboxylic acids is 1. The lowest BCUT2D eigenvalue weighted by molar-refractivity contribution is -0.147. The van der Waals surface area contributed by atoms with E-state index in [4.69, 9.17) is 25.8 Å². The third kappa shape index (κ3) is 3.15. The molecule has 110 valence electrons. The van der Waals surface area contributed by atoms with Gasteiger partial charge < -0.3 is 24.4 Å². The third-order valence-electron chi connectivity index (χ3n) is 2.86. The molecule has 1 aromatic carbocycles. The van der Waals surface area contributed by atoms with Gasteiger partial charge in [0.2, 0.25) is 6.79 Å². The maximum atomic E-state index is 11.3. The van der Waals surface area contributed by atoms with Gasteiger partial charge in [-0.3, -0.25) is 4.79 Å². The summed E-state index contributed by atoms with van der Waals surface area (Å²) in [5.41, 5.74) is 0.271. The molecular weight excluding hydrogens is 288 g/mol. The quantitative estimate of drug-likeness (QED) is 0.800. The molecule has 0 amide bonds. The first kappa shape index (κ1) is 14.9. The van der Waals surface area contributed by atoms with Crippen LogP contribution in [0.1, 0.15) is 25.0 Å². The van der Waals surface area contributed by atoms with Gasteiger partial charge in [0.1, 0.15) is 6.10 Å². The summed E-state index contributed by atoms with van der Waals surface area (Å²) in [5, 5.41) is 20.2. The van der Waals surface area contributed by atoms with E-state index in [2.05, 4.69) is 0 Å². The van der Waals surface area contributed by atoms with Crippen molar-refractivity contribution in [3.63, 3.8) is 0 Å². The van der Waals surface area contributed by atoms with Crippen molar-refractivity contribution >= 4 is 17.6 Å². The highest BCUT2D eigenvalue weighted by molar-refractivity contribution is 6.31. The maximum absolute atomic E-state index is 11.3. The lowest BCUT2D eigenvalue weighted by Gasteiger charge is -2.18. The van der Waals surface area contributed by atoms with Crippen LogP contribution in [-0.4, -0.2) is 35.7 Å². The minimum Gasteiger partial charge on any atom is -0.466 e. The topological polar surface area (TPSA) is 85.2 Å². The van der Waals surface area contributed by atoms with Crippen LogP contribution in [0, 0.1) is 0 Å². The van der Waals surface area contributed by atoms with Crippen molar-refractivity contribution in [1.29, 1.82) is 0 Å². The van der Waals surface area contributed by atoms with Gasteiger partial charge in [0.15, 0.2) is 11.5 Å². The second kappa shape index (κ2) is 6.30. The molecule has 6 nitrogen and oxygen atoms in total. The summed E-state index contributed by atoms with van der Waals surface area (Å²) in [4.78, 5) is 11.3. The summed E-state index contributed by atoms with van der Waals surface area (Å²) < 4.78 is 15.0. The highest BCUT2D eigenvalue weighted by Crippen LogP contribution is 2.39. The van der Waals surface area contributed by atoms with Crippen LogP contribution in [0.15, 0.2) is 12.1 Å². The van der Waals surface area contributed by atoms with Gasteiger partial charge in [0.05, 0.1) is 24.2 Å². The molecule has 1 heterocycles. The molecule has 0 fully saturated rings. The second-order valence-corrected chi connectivity index (χ2v) is 4.66. The molecule has 1 aliphatic rings. The molecule has 0 aliphatic carbocycles. The molecule has 0 bridgehead atoms. The minimum atomic E-state index is -1.32. The normalized spacial score (nSPS) is 15.8. The van der Waals surface area contributed by atoms with E-state index >= 15 is 0 Å². The Morgan fingerprint density at radius 1 is 1.40 bits per heavy atom. The Morgan fingerprint density at radius 2 is 2.05 bits per heavy atom. The molecule has 0 radical (unpaired) electrons.